The SMILES string of the molecule is Cc1cnc(C(NC(C)C2CC2)C2CC2)s1. The van der Waals surface area contributed by atoms with Crippen LogP contribution >= 0.6 is 11.3 Å². The van der Waals surface area contributed by atoms with Crippen LogP contribution in [0.25, 0.3) is 0 Å². The Hall–Kier alpha value is -0.410. The minimum atomic E-state index is 0.536. The Balaban J connectivity index is 1.70. The quantitative estimate of drug-likeness (QED) is 0.848. The number of nitrogens with zero attached hydrogens (tertiary/aromatic N) is 1. The second kappa shape index (κ2) is 4.11. The molecule has 2 atom stereocenters. The summed E-state index contributed by atoms with van der Waals surface area (Å²) in [6.45, 7) is 4.49. The summed E-state index contributed by atoms with van der Waals surface area (Å²) in [6, 6.07) is 1.21. The molecule has 88 valence electrons. The van der Waals surface area contributed by atoms with Crippen molar-refractivity contribution >= 4 is 11.3 Å². The lowest BCUT2D eigenvalue weighted by Crippen LogP contribution is -2.33. The van der Waals surface area contributed by atoms with Gasteiger partial charge in [0.05, 0.1) is 6.04 Å². The second-order valence-electron chi connectivity index (χ2n) is 5.42. The van der Waals surface area contributed by atoms with Crippen molar-refractivity contribution in [3.05, 3.63) is 16.1 Å². The summed E-state index contributed by atoms with van der Waals surface area (Å²) in [5.41, 5.74) is 0. The first-order valence-corrected chi connectivity index (χ1v) is 7.24. The highest BCUT2D eigenvalue weighted by Crippen LogP contribution is 2.43. The predicted octanol–water partition coefficient (Wildman–Crippen LogP) is 3.29. The first kappa shape index (κ1) is 10.7. The molecule has 1 heterocycles. The van der Waals surface area contributed by atoms with E-state index >= 15 is 0 Å². The van der Waals surface area contributed by atoms with Crippen LogP contribution in [-0.2, 0) is 0 Å². The van der Waals surface area contributed by atoms with Crippen LogP contribution in [0.5, 0.6) is 0 Å². The molecule has 1 aromatic rings. The number of rotatable bonds is 5. The van der Waals surface area contributed by atoms with E-state index in [1.54, 1.807) is 0 Å². The van der Waals surface area contributed by atoms with Gasteiger partial charge in [0.15, 0.2) is 0 Å². The second-order valence-corrected chi connectivity index (χ2v) is 6.68. The molecule has 2 fully saturated rings. The fraction of sp³-hybridized carbons (Fsp3) is 0.769. The Morgan fingerprint density at radius 1 is 1.31 bits per heavy atom. The van der Waals surface area contributed by atoms with Gasteiger partial charge in [0.25, 0.3) is 0 Å². The Labute approximate surface area is 101 Å². The largest absolute Gasteiger partial charge is 0.305 e. The third-order valence-electron chi connectivity index (χ3n) is 3.77. The number of nitrogens with one attached hydrogen (secondary N) is 1. The average molecular weight is 236 g/mol. The molecule has 0 aliphatic heterocycles. The Morgan fingerprint density at radius 2 is 2.00 bits per heavy atom. The highest BCUT2D eigenvalue weighted by molar-refractivity contribution is 7.11. The maximum atomic E-state index is 4.57. The Kier molecular flexibility index (Phi) is 2.76. The molecule has 0 saturated heterocycles. The molecule has 1 N–H and O–H groups in total. The van der Waals surface area contributed by atoms with E-state index in [4.69, 9.17) is 0 Å². The van der Waals surface area contributed by atoms with Crippen LogP contribution in [0.15, 0.2) is 6.20 Å². The molecular weight excluding hydrogens is 216 g/mol. The molecule has 0 amide bonds. The van der Waals surface area contributed by atoms with Gasteiger partial charge in [-0.05, 0) is 51.4 Å². The van der Waals surface area contributed by atoms with Crippen molar-refractivity contribution in [1.82, 2.24) is 10.3 Å². The molecule has 1 aromatic heterocycles. The molecule has 0 radical (unpaired) electrons. The van der Waals surface area contributed by atoms with Crippen LogP contribution in [0.1, 0.15) is 48.5 Å². The maximum absolute atomic E-state index is 4.57. The smallest absolute Gasteiger partial charge is 0.110 e. The van der Waals surface area contributed by atoms with Gasteiger partial charge in [-0.2, -0.15) is 0 Å². The van der Waals surface area contributed by atoms with Crippen molar-refractivity contribution in [3.63, 3.8) is 0 Å². The van der Waals surface area contributed by atoms with Crippen LogP contribution in [0.2, 0.25) is 0 Å². The zero-order valence-corrected chi connectivity index (χ0v) is 10.9. The molecule has 2 saturated carbocycles. The highest BCUT2D eigenvalue weighted by Gasteiger charge is 2.37. The molecule has 0 aromatic carbocycles. The van der Waals surface area contributed by atoms with Crippen molar-refractivity contribution in [2.24, 2.45) is 11.8 Å². The normalized spacial score (nSPS) is 24.4. The van der Waals surface area contributed by atoms with Crippen molar-refractivity contribution < 1.29 is 0 Å². The third kappa shape index (κ3) is 2.30. The molecule has 0 bridgehead atoms. The monoisotopic (exact) mass is 236 g/mol. The molecule has 2 unspecified atom stereocenters. The minimum absolute atomic E-state index is 0.536. The maximum Gasteiger partial charge on any atom is 0.110 e. The molecule has 2 aliphatic rings. The third-order valence-corrected chi connectivity index (χ3v) is 4.77. The number of hydrogen-bond acceptors (Lipinski definition) is 3. The van der Waals surface area contributed by atoms with E-state index in [9.17, 15) is 0 Å². The van der Waals surface area contributed by atoms with Crippen LogP contribution in [0.4, 0.5) is 0 Å². The van der Waals surface area contributed by atoms with Crippen molar-refractivity contribution in [2.45, 2.75) is 51.6 Å². The highest BCUT2D eigenvalue weighted by atomic mass is 32.1. The molecule has 3 rings (SSSR count). The molecule has 16 heavy (non-hydrogen) atoms. The van der Waals surface area contributed by atoms with E-state index in [2.05, 4.69) is 24.1 Å². The molecule has 0 spiro atoms. The fourth-order valence-electron chi connectivity index (χ4n) is 2.37. The predicted molar refractivity (Wildman–Crippen MR) is 67.6 cm³/mol. The molecule has 3 heteroatoms. The zero-order chi connectivity index (χ0) is 11.1. The lowest BCUT2D eigenvalue weighted by atomic mass is 10.1. The summed E-state index contributed by atoms with van der Waals surface area (Å²) in [5.74, 6) is 1.79. The van der Waals surface area contributed by atoms with E-state index in [0.29, 0.717) is 12.1 Å². The molecular formula is C13H20N2S. The molecule has 2 aliphatic carbocycles. The van der Waals surface area contributed by atoms with Crippen LogP contribution in [0.3, 0.4) is 0 Å². The Morgan fingerprint density at radius 3 is 2.50 bits per heavy atom. The summed E-state index contributed by atoms with van der Waals surface area (Å²) in [6.07, 6.45) is 7.62. The number of thiazole rings is 1. The van der Waals surface area contributed by atoms with Crippen LogP contribution in [-0.4, -0.2) is 11.0 Å². The first-order valence-electron chi connectivity index (χ1n) is 6.42. The summed E-state index contributed by atoms with van der Waals surface area (Å²) in [7, 11) is 0. The number of hydrogen-bond donors (Lipinski definition) is 1. The van der Waals surface area contributed by atoms with Gasteiger partial charge in [0.1, 0.15) is 5.01 Å². The van der Waals surface area contributed by atoms with E-state index < -0.39 is 0 Å². The van der Waals surface area contributed by atoms with Crippen molar-refractivity contribution in [3.8, 4) is 0 Å². The zero-order valence-electron chi connectivity index (χ0n) is 10.1. The lowest BCUT2D eigenvalue weighted by Gasteiger charge is -2.21. The van der Waals surface area contributed by atoms with Gasteiger partial charge in [0.2, 0.25) is 0 Å². The summed E-state index contributed by atoms with van der Waals surface area (Å²) in [5, 5.41) is 5.13. The number of aryl methyl sites for hydroxylation is 1. The van der Waals surface area contributed by atoms with Crippen LogP contribution in [0, 0.1) is 18.8 Å². The van der Waals surface area contributed by atoms with Gasteiger partial charge >= 0.3 is 0 Å². The van der Waals surface area contributed by atoms with Gasteiger partial charge < -0.3 is 5.32 Å². The summed E-state index contributed by atoms with van der Waals surface area (Å²) >= 11 is 1.86. The van der Waals surface area contributed by atoms with Gasteiger partial charge in [0, 0.05) is 17.1 Å². The average Bonchev–Trinajstić information content (AvgIpc) is 3.13. The summed E-state index contributed by atoms with van der Waals surface area (Å²) < 4.78 is 0. The Bertz CT molecular complexity index is 366. The fourth-order valence-corrected chi connectivity index (χ4v) is 3.30. The van der Waals surface area contributed by atoms with E-state index in [0.717, 1.165) is 11.8 Å². The topological polar surface area (TPSA) is 24.9 Å². The van der Waals surface area contributed by atoms with E-state index in [1.807, 2.05) is 17.5 Å². The first-order chi connectivity index (χ1) is 7.74. The summed E-state index contributed by atoms with van der Waals surface area (Å²) in [4.78, 5) is 5.90. The minimum Gasteiger partial charge on any atom is -0.305 e. The van der Waals surface area contributed by atoms with Gasteiger partial charge in [-0.25, -0.2) is 4.98 Å². The van der Waals surface area contributed by atoms with E-state index in [1.165, 1.54) is 35.6 Å². The number of aromatic nitrogens is 1. The van der Waals surface area contributed by atoms with Gasteiger partial charge in [-0.15, -0.1) is 11.3 Å². The van der Waals surface area contributed by atoms with Gasteiger partial charge in [-0.3, -0.25) is 0 Å². The van der Waals surface area contributed by atoms with Crippen molar-refractivity contribution in [1.29, 1.82) is 0 Å². The van der Waals surface area contributed by atoms with Crippen molar-refractivity contribution in [2.75, 3.05) is 0 Å². The lowest BCUT2D eigenvalue weighted by molar-refractivity contribution is 0.391. The standard InChI is InChI=1S/C13H20N2S/c1-8-7-14-13(16-8)12(11-5-6-11)15-9(2)10-3-4-10/h7,9-12,15H,3-6H2,1-2H3. The van der Waals surface area contributed by atoms with Crippen LogP contribution < -0.4 is 5.32 Å². The van der Waals surface area contributed by atoms with Gasteiger partial charge in [-0.1, -0.05) is 0 Å². The molecule has 2 nitrogen and oxygen atoms in total. The van der Waals surface area contributed by atoms with E-state index in [-0.39, 0.29) is 0 Å².